The molecule has 0 radical (unpaired) electrons. The van der Waals surface area contributed by atoms with Crippen LogP contribution in [0.3, 0.4) is 0 Å². The Bertz CT molecular complexity index is 386. The molecule has 1 aliphatic heterocycles. The highest BCUT2D eigenvalue weighted by atomic mass is 16.5. The van der Waals surface area contributed by atoms with Crippen LogP contribution in [0.25, 0.3) is 0 Å². The van der Waals surface area contributed by atoms with Crippen molar-refractivity contribution in [1.29, 1.82) is 0 Å². The predicted molar refractivity (Wildman–Crippen MR) is 72.6 cm³/mol. The van der Waals surface area contributed by atoms with Crippen LogP contribution in [0.4, 0.5) is 0 Å². The predicted octanol–water partition coefficient (Wildman–Crippen LogP) is 2.50. The summed E-state index contributed by atoms with van der Waals surface area (Å²) >= 11 is 0. The largest absolute Gasteiger partial charge is 0.381 e. The van der Waals surface area contributed by atoms with E-state index >= 15 is 0 Å². The number of benzene rings is 1. The van der Waals surface area contributed by atoms with Crippen LogP contribution in [0.15, 0.2) is 18.2 Å². The summed E-state index contributed by atoms with van der Waals surface area (Å²) in [5.41, 5.74) is 9.92. The van der Waals surface area contributed by atoms with Crippen molar-refractivity contribution in [3.8, 4) is 0 Å². The van der Waals surface area contributed by atoms with E-state index in [1.165, 1.54) is 11.1 Å². The molecule has 1 atom stereocenters. The van der Waals surface area contributed by atoms with Gasteiger partial charge in [-0.05, 0) is 43.4 Å². The highest BCUT2D eigenvalue weighted by molar-refractivity contribution is 5.31. The lowest BCUT2D eigenvalue weighted by Gasteiger charge is -2.24. The molecule has 1 unspecified atom stereocenters. The molecular formula is C15H23NO2. The van der Waals surface area contributed by atoms with Gasteiger partial charge in [0.05, 0.1) is 18.8 Å². The van der Waals surface area contributed by atoms with Gasteiger partial charge in [0, 0.05) is 13.2 Å². The maximum atomic E-state index is 6.17. The lowest BCUT2D eigenvalue weighted by atomic mass is 10.0. The highest BCUT2D eigenvalue weighted by Gasteiger charge is 2.16. The van der Waals surface area contributed by atoms with Gasteiger partial charge in [0.25, 0.3) is 0 Å². The third kappa shape index (κ3) is 3.55. The Balaban J connectivity index is 1.86. The maximum Gasteiger partial charge on any atom is 0.0663 e. The van der Waals surface area contributed by atoms with Crippen LogP contribution in [0.5, 0.6) is 0 Å². The molecule has 3 nitrogen and oxygen atoms in total. The molecule has 3 heteroatoms. The number of rotatable bonds is 4. The zero-order valence-corrected chi connectivity index (χ0v) is 11.3. The van der Waals surface area contributed by atoms with Crippen molar-refractivity contribution in [2.75, 3.05) is 19.8 Å². The Morgan fingerprint density at radius 2 is 2.00 bits per heavy atom. The number of ether oxygens (including phenoxy) is 2. The summed E-state index contributed by atoms with van der Waals surface area (Å²) < 4.78 is 11.2. The van der Waals surface area contributed by atoms with Crippen LogP contribution in [-0.2, 0) is 9.47 Å². The van der Waals surface area contributed by atoms with E-state index in [2.05, 4.69) is 32.0 Å². The molecule has 2 N–H and O–H groups in total. The molecule has 1 saturated heterocycles. The first-order valence-corrected chi connectivity index (χ1v) is 6.69. The van der Waals surface area contributed by atoms with E-state index in [0.29, 0.717) is 12.7 Å². The van der Waals surface area contributed by atoms with Gasteiger partial charge in [-0.2, -0.15) is 0 Å². The molecule has 0 bridgehead atoms. The molecule has 1 fully saturated rings. The quantitative estimate of drug-likeness (QED) is 0.891. The summed E-state index contributed by atoms with van der Waals surface area (Å²) in [5, 5.41) is 0. The second-order valence-electron chi connectivity index (χ2n) is 5.10. The van der Waals surface area contributed by atoms with Crippen molar-refractivity contribution < 1.29 is 9.47 Å². The average molecular weight is 249 g/mol. The molecule has 0 spiro atoms. The second-order valence-corrected chi connectivity index (χ2v) is 5.10. The molecule has 0 aromatic heterocycles. The molecule has 1 aliphatic rings. The summed E-state index contributed by atoms with van der Waals surface area (Å²) in [6.07, 6.45) is 2.29. The van der Waals surface area contributed by atoms with E-state index in [-0.39, 0.29) is 6.04 Å². The molecule has 0 amide bonds. The summed E-state index contributed by atoms with van der Waals surface area (Å²) in [4.78, 5) is 0. The van der Waals surface area contributed by atoms with E-state index in [0.717, 1.165) is 31.6 Å². The van der Waals surface area contributed by atoms with Gasteiger partial charge in [-0.1, -0.05) is 18.2 Å². The first-order valence-electron chi connectivity index (χ1n) is 6.69. The fourth-order valence-electron chi connectivity index (χ4n) is 2.17. The molecule has 100 valence electrons. The van der Waals surface area contributed by atoms with Crippen LogP contribution in [-0.4, -0.2) is 25.9 Å². The summed E-state index contributed by atoms with van der Waals surface area (Å²) in [6, 6.07) is 6.35. The van der Waals surface area contributed by atoms with Gasteiger partial charge in [-0.3, -0.25) is 0 Å². The van der Waals surface area contributed by atoms with Crippen LogP contribution in [0, 0.1) is 13.8 Å². The Hall–Kier alpha value is -0.900. The summed E-state index contributed by atoms with van der Waals surface area (Å²) in [5.74, 6) is 0. The standard InChI is InChI=1S/C15H23NO2/c1-11-3-4-13(9-12(11)2)15(16)10-18-14-5-7-17-8-6-14/h3-4,9,14-15H,5-8,10,16H2,1-2H3. The Labute approximate surface area is 109 Å². The van der Waals surface area contributed by atoms with Gasteiger partial charge in [-0.15, -0.1) is 0 Å². The second kappa shape index (κ2) is 6.32. The summed E-state index contributed by atoms with van der Waals surface area (Å²) in [7, 11) is 0. The first kappa shape index (κ1) is 13.5. The Morgan fingerprint density at radius 1 is 1.28 bits per heavy atom. The van der Waals surface area contributed by atoms with Crippen LogP contribution >= 0.6 is 0 Å². The van der Waals surface area contributed by atoms with Crippen molar-refractivity contribution in [2.24, 2.45) is 5.73 Å². The zero-order chi connectivity index (χ0) is 13.0. The van der Waals surface area contributed by atoms with Gasteiger partial charge < -0.3 is 15.2 Å². The van der Waals surface area contributed by atoms with Crippen molar-refractivity contribution in [3.63, 3.8) is 0 Å². The molecular weight excluding hydrogens is 226 g/mol. The minimum Gasteiger partial charge on any atom is -0.381 e. The van der Waals surface area contributed by atoms with Crippen molar-refractivity contribution in [3.05, 3.63) is 34.9 Å². The minimum atomic E-state index is -0.0351. The van der Waals surface area contributed by atoms with E-state index in [9.17, 15) is 0 Å². The topological polar surface area (TPSA) is 44.5 Å². The van der Waals surface area contributed by atoms with Crippen LogP contribution in [0.2, 0.25) is 0 Å². The van der Waals surface area contributed by atoms with Gasteiger partial charge in [-0.25, -0.2) is 0 Å². The van der Waals surface area contributed by atoms with Crippen molar-refractivity contribution in [2.45, 2.75) is 38.8 Å². The maximum absolute atomic E-state index is 6.17. The summed E-state index contributed by atoms with van der Waals surface area (Å²) in [6.45, 7) is 6.44. The molecule has 2 rings (SSSR count). The van der Waals surface area contributed by atoms with Gasteiger partial charge in [0.2, 0.25) is 0 Å². The lowest BCUT2D eigenvalue weighted by molar-refractivity contribution is -0.0358. The lowest BCUT2D eigenvalue weighted by Crippen LogP contribution is -2.27. The first-order chi connectivity index (χ1) is 8.66. The fraction of sp³-hybridized carbons (Fsp3) is 0.600. The number of hydrogen-bond acceptors (Lipinski definition) is 3. The molecule has 18 heavy (non-hydrogen) atoms. The third-order valence-corrected chi connectivity index (χ3v) is 3.64. The van der Waals surface area contributed by atoms with Crippen LogP contribution < -0.4 is 5.73 Å². The number of aryl methyl sites for hydroxylation is 2. The average Bonchev–Trinajstić information content (AvgIpc) is 2.40. The van der Waals surface area contributed by atoms with Gasteiger partial charge in [0.15, 0.2) is 0 Å². The molecule has 1 aromatic carbocycles. The Kier molecular flexibility index (Phi) is 4.75. The van der Waals surface area contributed by atoms with Crippen LogP contribution in [0.1, 0.15) is 35.6 Å². The molecule has 0 saturated carbocycles. The SMILES string of the molecule is Cc1ccc(C(N)COC2CCOCC2)cc1C. The van der Waals surface area contributed by atoms with E-state index < -0.39 is 0 Å². The minimum absolute atomic E-state index is 0.0351. The molecule has 0 aliphatic carbocycles. The van der Waals surface area contributed by atoms with Crippen molar-refractivity contribution >= 4 is 0 Å². The van der Waals surface area contributed by atoms with Gasteiger partial charge in [0.1, 0.15) is 0 Å². The monoisotopic (exact) mass is 249 g/mol. The van der Waals surface area contributed by atoms with Crippen molar-refractivity contribution in [1.82, 2.24) is 0 Å². The molecule has 1 aromatic rings. The van der Waals surface area contributed by atoms with E-state index in [1.54, 1.807) is 0 Å². The Morgan fingerprint density at radius 3 is 2.67 bits per heavy atom. The zero-order valence-electron chi connectivity index (χ0n) is 11.3. The molecule has 1 heterocycles. The highest BCUT2D eigenvalue weighted by Crippen LogP contribution is 2.18. The smallest absolute Gasteiger partial charge is 0.0663 e. The van der Waals surface area contributed by atoms with E-state index in [4.69, 9.17) is 15.2 Å². The third-order valence-electron chi connectivity index (χ3n) is 3.64. The number of hydrogen-bond donors (Lipinski definition) is 1. The number of nitrogens with two attached hydrogens (primary N) is 1. The fourth-order valence-corrected chi connectivity index (χ4v) is 2.17. The van der Waals surface area contributed by atoms with E-state index in [1.807, 2.05) is 0 Å². The van der Waals surface area contributed by atoms with Gasteiger partial charge >= 0.3 is 0 Å². The normalized spacial score (nSPS) is 18.8.